The Kier molecular flexibility index (Phi) is 4.15. The SMILES string of the molecule is C#CC(CC)NCc1cc(C(=O)O)oc1C. The molecule has 2 N–H and O–H groups in total. The second kappa shape index (κ2) is 5.38. The van der Waals surface area contributed by atoms with Crippen molar-refractivity contribution in [1.29, 1.82) is 0 Å². The Bertz CT molecular complexity index is 414. The van der Waals surface area contributed by atoms with E-state index in [0.29, 0.717) is 12.3 Å². The van der Waals surface area contributed by atoms with E-state index in [9.17, 15) is 4.79 Å². The second-order valence-corrected chi connectivity index (χ2v) is 3.51. The van der Waals surface area contributed by atoms with Gasteiger partial charge in [-0.15, -0.1) is 6.42 Å². The number of carboxylic acid groups (broad SMARTS) is 1. The van der Waals surface area contributed by atoms with Crippen molar-refractivity contribution < 1.29 is 14.3 Å². The van der Waals surface area contributed by atoms with Crippen LogP contribution in [0.15, 0.2) is 10.5 Å². The van der Waals surface area contributed by atoms with E-state index in [1.54, 1.807) is 6.92 Å². The van der Waals surface area contributed by atoms with E-state index in [4.69, 9.17) is 15.9 Å². The van der Waals surface area contributed by atoms with Gasteiger partial charge in [0.15, 0.2) is 0 Å². The van der Waals surface area contributed by atoms with Gasteiger partial charge in [0.2, 0.25) is 5.76 Å². The molecule has 0 radical (unpaired) electrons. The van der Waals surface area contributed by atoms with Gasteiger partial charge in [-0.25, -0.2) is 4.79 Å². The molecule has 86 valence electrons. The Morgan fingerprint density at radius 2 is 2.44 bits per heavy atom. The Labute approximate surface area is 94.7 Å². The van der Waals surface area contributed by atoms with Crippen LogP contribution in [-0.2, 0) is 6.54 Å². The molecule has 4 nitrogen and oxygen atoms in total. The molecule has 0 spiro atoms. The van der Waals surface area contributed by atoms with E-state index in [0.717, 1.165) is 12.0 Å². The molecule has 1 rings (SSSR count). The average Bonchev–Trinajstić information content (AvgIpc) is 2.62. The number of rotatable bonds is 5. The molecular formula is C12H15NO3. The van der Waals surface area contributed by atoms with Crippen molar-refractivity contribution in [3.63, 3.8) is 0 Å². The van der Waals surface area contributed by atoms with Gasteiger partial charge in [-0.2, -0.15) is 0 Å². The number of aryl methyl sites for hydroxylation is 1. The Morgan fingerprint density at radius 3 is 2.88 bits per heavy atom. The zero-order chi connectivity index (χ0) is 12.1. The lowest BCUT2D eigenvalue weighted by Crippen LogP contribution is -2.26. The van der Waals surface area contributed by atoms with Gasteiger partial charge in [0.25, 0.3) is 0 Å². The highest BCUT2D eigenvalue weighted by molar-refractivity contribution is 5.84. The fourth-order valence-electron chi connectivity index (χ4n) is 1.35. The second-order valence-electron chi connectivity index (χ2n) is 3.51. The molecule has 1 atom stereocenters. The van der Waals surface area contributed by atoms with Crippen LogP contribution >= 0.6 is 0 Å². The van der Waals surface area contributed by atoms with Crippen molar-refractivity contribution in [2.24, 2.45) is 0 Å². The van der Waals surface area contributed by atoms with Crippen molar-refractivity contribution in [2.75, 3.05) is 0 Å². The molecule has 4 heteroatoms. The van der Waals surface area contributed by atoms with E-state index in [1.165, 1.54) is 6.07 Å². The minimum atomic E-state index is -1.06. The predicted molar refractivity (Wildman–Crippen MR) is 60.2 cm³/mol. The number of nitrogens with one attached hydrogen (secondary N) is 1. The summed E-state index contributed by atoms with van der Waals surface area (Å²) in [6.45, 7) is 4.24. The van der Waals surface area contributed by atoms with Crippen molar-refractivity contribution in [2.45, 2.75) is 32.9 Å². The fraction of sp³-hybridized carbons (Fsp3) is 0.417. The standard InChI is InChI=1S/C12H15NO3/c1-4-10(5-2)13-7-9-6-11(12(14)15)16-8(9)3/h1,6,10,13H,5,7H2,2-3H3,(H,14,15). The molecule has 0 aliphatic heterocycles. The Morgan fingerprint density at radius 1 is 1.75 bits per heavy atom. The lowest BCUT2D eigenvalue weighted by Gasteiger charge is -2.09. The average molecular weight is 221 g/mol. The summed E-state index contributed by atoms with van der Waals surface area (Å²) in [7, 11) is 0. The lowest BCUT2D eigenvalue weighted by atomic mass is 10.2. The Balaban J connectivity index is 2.68. The van der Waals surface area contributed by atoms with Crippen LogP contribution in [0.4, 0.5) is 0 Å². The molecule has 0 amide bonds. The van der Waals surface area contributed by atoms with Gasteiger partial charge in [-0.1, -0.05) is 12.8 Å². The molecule has 1 heterocycles. The highest BCUT2D eigenvalue weighted by atomic mass is 16.4. The van der Waals surface area contributed by atoms with Gasteiger partial charge < -0.3 is 9.52 Å². The summed E-state index contributed by atoms with van der Waals surface area (Å²) in [4.78, 5) is 10.7. The van der Waals surface area contributed by atoms with Gasteiger partial charge >= 0.3 is 5.97 Å². The van der Waals surface area contributed by atoms with Crippen LogP contribution < -0.4 is 5.32 Å². The minimum Gasteiger partial charge on any atom is -0.475 e. The van der Waals surface area contributed by atoms with Crippen molar-refractivity contribution >= 4 is 5.97 Å². The zero-order valence-electron chi connectivity index (χ0n) is 9.41. The van der Waals surface area contributed by atoms with Gasteiger partial charge in [0.1, 0.15) is 5.76 Å². The van der Waals surface area contributed by atoms with Crippen LogP contribution in [0.5, 0.6) is 0 Å². The first-order chi connectivity index (χ1) is 7.58. The summed E-state index contributed by atoms with van der Waals surface area (Å²) in [5.74, 6) is 2.13. The molecule has 0 aliphatic carbocycles. The molecule has 0 saturated heterocycles. The van der Waals surface area contributed by atoms with E-state index in [2.05, 4.69) is 11.2 Å². The monoisotopic (exact) mass is 221 g/mol. The summed E-state index contributed by atoms with van der Waals surface area (Å²) in [6.07, 6.45) is 6.14. The predicted octanol–water partition coefficient (Wildman–Crippen LogP) is 1.79. The molecule has 0 fully saturated rings. The van der Waals surface area contributed by atoms with Crippen LogP contribution in [-0.4, -0.2) is 17.1 Å². The summed E-state index contributed by atoms with van der Waals surface area (Å²) in [6, 6.07) is 1.52. The molecule has 1 unspecified atom stereocenters. The van der Waals surface area contributed by atoms with Gasteiger partial charge in [-0.05, 0) is 19.4 Å². The number of terminal acetylenes is 1. The lowest BCUT2D eigenvalue weighted by molar-refractivity contribution is 0.0661. The van der Waals surface area contributed by atoms with Crippen LogP contribution in [0.25, 0.3) is 0 Å². The quantitative estimate of drug-likeness (QED) is 0.744. The van der Waals surface area contributed by atoms with E-state index < -0.39 is 5.97 Å². The number of carboxylic acids is 1. The number of aromatic carboxylic acids is 1. The molecule has 0 aromatic carbocycles. The summed E-state index contributed by atoms with van der Waals surface area (Å²) >= 11 is 0. The number of hydrogen-bond acceptors (Lipinski definition) is 3. The minimum absolute atomic E-state index is 0.00239. The smallest absolute Gasteiger partial charge is 0.371 e. The summed E-state index contributed by atoms with van der Waals surface area (Å²) in [5, 5.41) is 11.9. The third-order valence-corrected chi connectivity index (χ3v) is 2.38. The molecular weight excluding hydrogens is 206 g/mol. The third kappa shape index (κ3) is 2.88. The topological polar surface area (TPSA) is 62.5 Å². The highest BCUT2D eigenvalue weighted by Crippen LogP contribution is 2.14. The van der Waals surface area contributed by atoms with Crippen LogP contribution in [0.2, 0.25) is 0 Å². The van der Waals surface area contributed by atoms with E-state index >= 15 is 0 Å². The van der Waals surface area contributed by atoms with Crippen molar-refractivity contribution in [3.05, 3.63) is 23.2 Å². The first-order valence-corrected chi connectivity index (χ1v) is 5.10. The highest BCUT2D eigenvalue weighted by Gasteiger charge is 2.13. The molecule has 0 aliphatic rings. The van der Waals surface area contributed by atoms with Crippen molar-refractivity contribution in [3.8, 4) is 12.3 Å². The fourth-order valence-corrected chi connectivity index (χ4v) is 1.35. The third-order valence-electron chi connectivity index (χ3n) is 2.38. The normalized spacial score (nSPS) is 12.1. The van der Waals surface area contributed by atoms with E-state index in [1.807, 2.05) is 6.92 Å². The van der Waals surface area contributed by atoms with Crippen LogP contribution in [0.1, 0.15) is 35.2 Å². The largest absolute Gasteiger partial charge is 0.475 e. The van der Waals surface area contributed by atoms with Gasteiger partial charge in [0.05, 0.1) is 6.04 Å². The van der Waals surface area contributed by atoms with Crippen LogP contribution in [0, 0.1) is 19.3 Å². The van der Waals surface area contributed by atoms with Crippen molar-refractivity contribution in [1.82, 2.24) is 5.32 Å². The number of furan rings is 1. The van der Waals surface area contributed by atoms with Gasteiger partial charge in [0, 0.05) is 12.1 Å². The summed E-state index contributed by atoms with van der Waals surface area (Å²) in [5.41, 5.74) is 0.825. The maximum atomic E-state index is 10.7. The number of hydrogen-bond donors (Lipinski definition) is 2. The Hall–Kier alpha value is -1.73. The maximum Gasteiger partial charge on any atom is 0.371 e. The summed E-state index contributed by atoms with van der Waals surface area (Å²) < 4.78 is 5.08. The van der Waals surface area contributed by atoms with Gasteiger partial charge in [-0.3, -0.25) is 5.32 Å². The molecule has 1 aromatic rings. The van der Waals surface area contributed by atoms with Crippen LogP contribution in [0.3, 0.4) is 0 Å². The first-order valence-electron chi connectivity index (χ1n) is 5.10. The maximum absolute atomic E-state index is 10.7. The zero-order valence-corrected chi connectivity index (χ0v) is 9.41. The van der Waals surface area contributed by atoms with E-state index in [-0.39, 0.29) is 11.8 Å². The first kappa shape index (κ1) is 12.3. The molecule has 0 saturated carbocycles. The molecule has 16 heavy (non-hydrogen) atoms. The molecule has 1 aromatic heterocycles. The molecule has 0 bridgehead atoms. The number of carbonyl (C=O) groups is 1.